The van der Waals surface area contributed by atoms with Crippen molar-refractivity contribution < 1.29 is 9.53 Å². The number of pyridine rings is 1. The van der Waals surface area contributed by atoms with Gasteiger partial charge in [-0.2, -0.15) is 0 Å². The summed E-state index contributed by atoms with van der Waals surface area (Å²) >= 11 is 0. The Bertz CT molecular complexity index is 2060. The molecule has 3 aromatic heterocycles. The number of carbonyl (C=O) groups is 1. The van der Waals surface area contributed by atoms with Crippen molar-refractivity contribution in [2.75, 3.05) is 6.54 Å². The average Bonchev–Trinajstić information content (AvgIpc) is 3.84. The van der Waals surface area contributed by atoms with Gasteiger partial charge in [-0.3, -0.25) is 9.88 Å². The largest absolute Gasteiger partial charge is 0.444 e. The number of ether oxygens (including phenoxy) is 1. The number of likely N-dealkylation sites (tertiary alicyclic amines) is 1. The Morgan fingerprint density at radius 2 is 1.67 bits per heavy atom. The first-order chi connectivity index (χ1) is 21.8. The lowest BCUT2D eigenvalue weighted by atomic mass is 9.97. The Balaban J connectivity index is 1.15. The SMILES string of the molecule is CC(C)(C)OC(=O)N1CCCC1c1nc2ccc(-c3cc4c(-c5cccc6[nH]c(C7CCCC7)nc56)cccc4cn3)cc2[nH]1. The summed E-state index contributed by atoms with van der Waals surface area (Å²) in [6, 6.07) is 21.1. The minimum absolute atomic E-state index is 0.129. The maximum Gasteiger partial charge on any atom is 0.410 e. The predicted octanol–water partition coefficient (Wildman–Crippen LogP) is 9.05. The van der Waals surface area contributed by atoms with Gasteiger partial charge in [-0.25, -0.2) is 14.8 Å². The van der Waals surface area contributed by atoms with E-state index in [2.05, 4.69) is 64.6 Å². The number of imidazole rings is 2. The van der Waals surface area contributed by atoms with Crippen LogP contribution in [0.1, 0.15) is 82.9 Å². The summed E-state index contributed by atoms with van der Waals surface area (Å²) in [7, 11) is 0. The van der Waals surface area contributed by atoms with Crippen molar-refractivity contribution in [3.8, 4) is 22.4 Å². The Labute approximate surface area is 262 Å². The number of benzene rings is 3. The first-order valence-electron chi connectivity index (χ1n) is 16.2. The van der Waals surface area contributed by atoms with Gasteiger partial charge in [-0.1, -0.05) is 49.2 Å². The zero-order valence-electron chi connectivity index (χ0n) is 26.1. The van der Waals surface area contributed by atoms with Crippen molar-refractivity contribution in [2.45, 2.75) is 76.9 Å². The first-order valence-corrected chi connectivity index (χ1v) is 16.2. The van der Waals surface area contributed by atoms with Crippen molar-refractivity contribution >= 4 is 38.9 Å². The van der Waals surface area contributed by atoms with Crippen LogP contribution in [0.25, 0.3) is 55.2 Å². The highest BCUT2D eigenvalue weighted by atomic mass is 16.6. The number of hydrogen-bond donors (Lipinski definition) is 2. The fourth-order valence-corrected chi connectivity index (χ4v) is 7.16. The van der Waals surface area contributed by atoms with E-state index in [1.54, 1.807) is 4.90 Å². The number of aromatic amines is 2. The molecule has 8 nitrogen and oxygen atoms in total. The van der Waals surface area contributed by atoms with Gasteiger partial charge in [-0.05, 0) is 81.7 Å². The molecule has 0 bridgehead atoms. The highest BCUT2D eigenvalue weighted by molar-refractivity contribution is 6.04. The minimum Gasteiger partial charge on any atom is -0.444 e. The standard InChI is InChI=1S/C37H38N6O2/c1-37(2,3)45-36(44)43-18-8-15-32(43)35-39-28-17-16-23(19-31(28)41-35)30-20-27-24(21-38-30)11-6-12-25(27)26-13-7-14-29-33(26)42-34(40-29)22-9-4-5-10-22/h6-7,11-14,16-17,19-22,32H,4-5,8-10,15,18H2,1-3H3,(H,39,41)(H,40,42). The molecule has 6 aromatic rings. The second-order valence-electron chi connectivity index (χ2n) is 13.6. The van der Waals surface area contributed by atoms with E-state index in [1.165, 1.54) is 25.7 Å². The van der Waals surface area contributed by atoms with Crippen LogP contribution >= 0.6 is 0 Å². The van der Waals surface area contributed by atoms with Gasteiger partial charge in [0, 0.05) is 35.2 Å². The van der Waals surface area contributed by atoms with Gasteiger partial charge >= 0.3 is 6.09 Å². The summed E-state index contributed by atoms with van der Waals surface area (Å²) in [6.07, 6.45) is 8.43. The van der Waals surface area contributed by atoms with Crippen LogP contribution in [0.3, 0.4) is 0 Å². The van der Waals surface area contributed by atoms with Crippen molar-refractivity contribution in [1.82, 2.24) is 29.8 Å². The van der Waals surface area contributed by atoms with E-state index in [9.17, 15) is 4.79 Å². The highest BCUT2D eigenvalue weighted by Crippen LogP contribution is 2.38. The molecule has 1 atom stereocenters. The Kier molecular flexibility index (Phi) is 6.62. The lowest BCUT2D eigenvalue weighted by molar-refractivity contribution is 0.0219. The summed E-state index contributed by atoms with van der Waals surface area (Å²) in [5.41, 5.74) is 7.57. The maximum atomic E-state index is 12.9. The van der Waals surface area contributed by atoms with Gasteiger partial charge in [0.05, 0.1) is 33.8 Å². The molecular weight excluding hydrogens is 560 g/mol. The molecule has 228 valence electrons. The molecule has 1 unspecified atom stereocenters. The molecule has 1 aliphatic heterocycles. The number of H-pyrrole nitrogens is 2. The van der Waals surface area contributed by atoms with Crippen LogP contribution in [0.5, 0.6) is 0 Å². The number of aromatic nitrogens is 5. The average molecular weight is 599 g/mol. The van der Waals surface area contributed by atoms with Crippen LogP contribution in [0, 0.1) is 0 Å². The smallest absolute Gasteiger partial charge is 0.410 e. The van der Waals surface area contributed by atoms with Crippen LogP contribution < -0.4 is 0 Å². The van der Waals surface area contributed by atoms with E-state index in [4.69, 9.17) is 19.7 Å². The van der Waals surface area contributed by atoms with Gasteiger partial charge in [0.25, 0.3) is 0 Å². The number of rotatable bonds is 4. The number of fused-ring (bicyclic) bond motifs is 3. The number of nitrogens with zero attached hydrogens (tertiary/aromatic N) is 4. The van der Waals surface area contributed by atoms with Gasteiger partial charge in [0.2, 0.25) is 0 Å². The van der Waals surface area contributed by atoms with Crippen molar-refractivity contribution in [3.05, 3.63) is 78.5 Å². The van der Waals surface area contributed by atoms with Gasteiger partial charge in [0.1, 0.15) is 17.2 Å². The molecule has 2 N–H and O–H groups in total. The van der Waals surface area contributed by atoms with E-state index in [0.29, 0.717) is 12.5 Å². The molecule has 8 heteroatoms. The minimum atomic E-state index is -0.539. The van der Waals surface area contributed by atoms with E-state index >= 15 is 0 Å². The number of amides is 1. The van der Waals surface area contributed by atoms with Crippen LogP contribution in [0.15, 0.2) is 66.9 Å². The fourth-order valence-electron chi connectivity index (χ4n) is 7.16. The molecule has 0 spiro atoms. The van der Waals surface area contributed by atoms with Gasteiger partial charge in [0.15, 0.2) is 0 Å². The quantitative estimate of drug-likeness (QED) is 0.211. The second kappa shape index (κ2) is 10.7. The number of para-hydroxylation sites is 1. The van der Waals surface area contributed by atoms with Crippen LogP contribution in [-0.4, -0.2) is 48.1 Å². The van der Waals surface area contributed by atoms with E-state index < -0.39 is 5.60 Å². The monoisotopic (exact) mass is 598 g/mol. The second-order valence-corrected chi connectivity index (χ2v) is 13.6. The molecule has 2 aliphatic rings. The Morgan fingerprint density at radius 3 is 2.51 bits per heavy atom. The third-order valence-electron chi connectivity index (χ3n) is 9.32. The molecule has 1 saturated carbocycles. The third kappa shape index (κ3) is 5.12. The lowest BCUT2D eigenvalue weighted by Gasteiger charge is -2.27. The van der Waals surface area contributed by atoms with Crippen LogP contribution in [0.4, 0.5) is 4.79 Å². The summed E-state index contributed by atoms with van der Waals surface area (Å²) in [5, 5.41) is 2.23. The summed E-state index contributed by atoms with van der Waals surface area (Å²) in [6.45, 7) is 6.35. The molecule has 8 rings (SSSR count). The van der Waals surface area contributed by atoms with Crippen LogP contribution in [-0.2, 0) is 4.74 Å². The molecular formula is C37H38N6O2. The van der Waals surface area contributed by atoms with E-state index in [-0.39, 0.29) is 12.1 Å². The molecule has 45 heavy (non-hydrogen) atoms. The number of nitrogens with one attached hydrogen (secondary N) is 2. The van der Waals surface area contributed by atoms with Gasteiger partial charge in [-0.15, -0.1) is 0 Å². The predicted molar refractivity (Wildman–Crippen MR) is 178 cm³/mol. The zero-order valence-corrected chi connectivity index (χ0v) is 26.1. The molecule has 1 amide bonds. The van der Waals surface area contributed by atoms with Crippen molar-refractivity contribution in [2.24, 2.45) is 0 Å². The molecule has 0 radical (unpaired) electrons. The summed E-state index contributed by atoms with van der Waals surface area (Å²) in [5.74, 6) is 2.44. The van der Waals surface area contributed by atoms with Gasteiger partial charge < -0.3 is 14.7 Å². The van der Waals surface area contributed by atoms with Crippen molar-refractivity contribution in [1.29, 1.82) is 0 Å². The molecule has 1 saturated heterocycles. The maximum absolute atomic E-state index is 12.9. The normalized spacial score (nSPS) is 17.7. The molecule has 4 heterocycles. The van der Waals surface area contributed by atoms with E-state index in [0.717, 1.165) is 79.7 Å². The summed E-state index contributed by atoms with van der Waals surface area (Å²) in [4.78, 5) is 36.8. The third-order valence-corrected chi connectivity index (χ3v) is 9.32. The highest BCUT2D eigenvalue weighted by Gasteiger charge is 2.35. The fraction of sp³-hybridized carbons (Fsp3) is 0.351. The topological polar surface area (TPSA) is 99.8 Å². The number of hydrogen-bond acceptors (Lipinski definition) is 5. The molecule has 1 aliphatic carbocycles. The molecule has 3 aromatic carbocycles. The zero-order chi connectivity index (χ0) is 30.7. The van der Waals surface area contributed by atoms with E-state index in [1.807, 2.05) is 33.0 Å². The first kappa shape index (κ1) is 27.8. The summed E-state index contributed by atoms with van der Waals surface area (Å²) < 4.78 is 5.68. The Hall–Kier alpha value is -4.72. The molecule has 2 fully saturated rings. The Morgan fingerprint density at radius 1 is 0.867 bits per heavy atom. The number of carbonyl (C=O) groups excluding carboxylic acids is 1. The lowest BCUT2D eigenvalue weighted by Crippen LogP contribution is -2.36. The van der Waals surface area contributed by atoms with Crippen molar-refractivity contribution in [3.63, 3.8) is 0 Å². The van der Waals surface area contributed by atoms with Crippen LogP contribution in [0.2, 0.25) is 0 Å².